The molecular weight excluding hydrogens is 242 g/mol. The predicted molar refractivity (Wildman–Crippen MR) is 76.2 cm³/mol. The molecule has 0 saturated carbocycles. The van der Waals surface area contributed by atoms with E-state index >= 15 is 0 Å². The summed E-state index contributed by atoms with van der Waals surface area (Å²) in [5.74, 6) is 0. The topological polar surface area (TPSA) is 29.4 Å². The zero-order valence-corrected chi connectivity index (χ0v) is 11.3. The smallest absolute Gasteiger partial charge is 0.172 e. The molecule has 0 aliphatic heterocycles. The molecule has 0 unspecified atom stereocenters. The van der Waals surface area contributed by atoms with Crippen LogP contribution in [0.4, 0.5) is 0 Å². The summed E-state index contributed by atoms with van der Waals surface area (Å²) in [6.07, 6.45) is 0. The van der Waals surface area contributed by atoms with Gasteiger partial charge in [0.25, 0.3) is 0 Å². The lowest BCUT2D eigenvalue weighted by atomic mass is 10.1. The first-order valence-corrected chi connectivity index (χ1v) is 6.87. The van der Waals surface area contributed by atoms with Gasteiger partial charge in [-0.15, -0.1) is 0 Å². The largest absolute Gasteiger partial charge is 0.229 e. The van der Waals surface area contributed by atoms with Gasteiger partial charge in [0, 0.05) is 0 Å². The van der Waals surface area contributed by atoms with Crippen LogP contribution in [-0.4, -0.2) is 9.92 Å². The molecule has 92 valence electrons. The predicted octanol–water partition coefficient (Wildman–Crippen LogP) is 3.53. The summed E-state index contributed by atoms with van der Waals surface area (Å²) in [5.41, 5.74) is 2.94. The van der Waals surface area contributed by atoms with E-state index in [4.69, 9.17) is 0 Å². The van der Waals surface area contributed by atoms with E-state index < -0.39 is 11.0 Å². The minimum absolute atomic E-state index is 0.732. The van der Waals surface area contributed by atoms with Gasteiger partial charge in [-0.25, -0.2) is 4.21 Å². The van der Waals surface area contributed by atoms with Crippen LogP contribution in [0.2, 0.25) is 0 Å². The van der Waals surface area contributed by atoms with Crippen LogP contribution in [0.5, 0.6) is 0 Å². The van der Waals surface area contributed by atoms with E-state index in [0.29, 0.717) is 0 Å². The fourth-order valence-electron chi connectivity index (χ4n) is 1.56. The van der Waals surface area contributed by atoms with Crippen molar-refractivity contribution in [1.82, 2.24) is 0 Å². The van der Waals surface area contributed by atoms with Crippen molar-refractivity contribution in [2.75, 3.05) is 0 Å². The Balaban J connectivity index is 2.23. The second-order valence-corrected chi connectivity index (χ2v) is 5.26. The molecule has 0 radical (unpaired) electrons. The molecule has 0 aliphatic rings. The minimum Gasteiger partial charge on any atom is -0.229 e. The fraction of sp³-hybridized carbons (Fsp3) is 0.133. The van der Waals surface area contributed by atoms with Gasteiger partial charge in [-0.05, 0) is 31.5 Å². The molecule has 0 amide bonds. The summed E-state index contributed by atoms with van der Waals surface area (Å²) in [5, 5.41) is 0. The van der Waals surface area contributed by atoms with E-state index in [0.717, 1.165) is 21.7 Å². The molecule has 3 heteroatoms. The summed E-state index contributed by atoms with van der Waals surface area (Å²) >= 11 is 0. The van der Waals surface area contributed by atoms with Gasteiger partial charge in [0.1, 0.15) is 0 Å². The highest BCUT2D eigenvalue weighted by atomic mass is 32.2. The Hall–Kier alpha value is -1.74. The van der Waals surface area contributed by atoms with Crippen LogP contribution in [0.25, 0.3) is 0 Å². The third-order valence-electron chi connectivity index (χ3n) is 2.63. The highest BCUT2D eigenvalue weighted by molar-refractivity contribution is 7.83. The van der Waals surface area contributed by atoms with E-state index in [9.17, 15) is 4.21 Å². The summed E-state index contributed by atoms with van der Waals surface area (Å²) < 4.78 is 16.3. The molecular formula is C15H15NOS. The zero-order valence-electron chi connectivity index (χ0n) is 10.5. The molecule has 0 aromatic heterocycles. The summed E-state index contributed by atoms with van der Waals surface area (Å²) in [6, 6.07) is 17.4. The van der Waals surface area contributed by atoms with Gasteiger partial charge in [0.05, 0.1) is 10.6 Å². The highest BCUT2D eigenvalue weighted by Crippen LogP contribution is 2.11. The van der Waals surface area contributed by atoms with Gasteiger partial charge in [-0.1, -0.05) is 48.0 Å². The fourth-order valence-corrected chi connectivity index (χ4v) is 2.39. The average molecular weight is 257 g/mol. The lowest BCUT2D eigenvalue weighted by molar-refractivity contribution is 0.684. The Labute approximate surface area is 110 Å². The van der Waals surface area contributed by atoms with Crippen LogP contribution in [0, 0.1) is 6.92 Å². The number of hydrogen-bond acceptors (Lipinski definition) is 1. The molecule has 0 aliphatic carbocycles. The molecule has 2 rings (SSSR count). The maximum atomic E-state index is 12.1. The highest BCUT2D eigenvalue weighted by Gasteiger charge is 2.03. The standard InChI is InChI=1S/C15H15NOS/c1-12-8-10-15(11-9-12)18(17)16-13(2)14-6-4-3-5-7-14/h3-11H,1-2H3/b16-13+/t18-/m0/s1. The first kappa shape index (κ1) is 12.7. The van der Waals surface area contributed by atoms with Crippen molar-refractivity contribution < 1.29 is 4.21 Å². The number of aryl methyl sites for hydroxylation is 1. The molecule has 0 saturated heterocycles. The maximum absolute atomic E-state index is 12.1. The molecule has 18 heavy (non-hydrogen) atoms. The van der Waals surface area contributed by atoms with Crippen molar-refractivity contribution in [3.8, 4) is 0 Å². The molecule has 0 heterocycles. The second kappa shape index (κ2) is 5.74. The Morgan fingerprint density at radius 1 is 1.00 bits per heavy atom. The van der Waals surface area contributed by atoms with Crippen LogP contribution in [0.1, 0.15) is 18.1 Å². The molecule has 0 spiro atoms. The SMILES string of the molecule is C/C(=N\[S@@](=O)c1ccc(C)cc1)c1ccccc1. The van der Waals surface area contributed by atoms with Gasteiger partial charge in [0.15, 0.2) is 11.0 Å². The minimum atomic E-state index is -1.33. The Morgan fingerprint density at radius 3 is 2.22 bits per heavy atom. The average Bonchev–Trinajstić information content (AvgIpc) is 2.40. The molecule has 2 nitrogen and oxygen atoms in total. The van der Waals surface area contributed by atoms with E-state index in [-0.39, 0.29) is 0 Å². The molecule has 0 bridgehead atoms. The van der Waals surface area contributed by atoms with Crippen LogP contribution in [0.15, 0.2) is 63.9 Å². The quantitative estimate of drug-likeness (QED) is 0.773. The van der Waals surface area contributed by atoms with Crippen LogP contribution >= 0.6 is 0 Å². The van der Waals surface area contributed by atoms with Crippen molar-refractivity contribution in [1.29, 1.82) is 0 Å². The molecule has 2 aromatic rings. The van der Waals surface area contributed by atoms with E-state index in [2.05, 4.69) is 4.40 Å². The Kier molecular flexibility index (Phi) is 4.05. The zero-order chi connectivity index (χ0) is 13.0. The van der Waals surface area contributed by atoms with Crippen molar-refractivity contribution in [2.45, 2.75) is 18.7 Å². The van der Waals surface area contributed by atoms with Crippen molar-refractivity contribution >= 4 is 16.7 Å². The Bertz CT molecular complexity index is 573. The van der Waals surface area contributed by atoms with Crippen molar-refractivity contribution in [3.05, 3.63) is 65.7 Å². The second-order valence-electron chi connectivity index (χ2n) is 4.10. The number of benzene rings is 2. The first-order chi connectivity index (χ1) is 8.66. The molecule has 0 N–H and O–H groups in total. The van der Waals surface area contributed by atoms with Crippen molar-refractivity contribution in [3.63, 3.8) is 0 Å². The van der Waals surface area contributed by atoms with E-state index in [1.165, 1.54) is 0 Å². The van der Waals surface area contributed by atoms with Crippen LogP contribution < -0.4 is 0 Å². The van der Waals surface area contributed by atoms with Crippen molar-refractivity contribution in [2.24, 2.45) is 4.40 Å². The third-order valence-corrected chi connectivity index (χ3v) is 3.75. The van der Waals surface area contributed by atoms with E-state index in [1.807, 2.05) is 68.4 Å². The van der Waals surface area contributed by atoms with Gasteiger partial charge in [-0.3, -0.25) is 0 Å². The summed E-state index contributed by atoms with van der Waals surface area (Å²) in [7, 11) is -1.33. The summed E-state index contributed by atoms with van der Waals surface area (Å²) in [6.45, 7) is 3.88. The van der Waals surface area contributed by atoms with Gasteiger partial charge in [0.2, 0.25) is 0 Å². The molecule has 1 atom stereocenters. The monoisotopic (exact) mass is 257 g/mol. The van der Waals surface area contributed by atoms with Gasteiger partial charge >= 0.3 is 0 Å². The third kappa shape index (κ3) is 3.14. The molecule has 0 fully saturated rings. The lowest BCUT2D eigenvalue weighted by Crippen LogP contribution is -1.97. The Morgan fingerprint density at radius 2 is 1.61 bits per heavy atom. The first-order valence-electron chi connectivity index (χ1n) is 5.76. The van der Waals surface area contributed by atoms with Gasteiger partial charge in [-0.2, -0.15) is 4.40 Å². The van der Waals surface area contributed by atoms with E-state index in [1.54, 1.807) is 0 Å². The maximum Gasteiger partial charge on any atom is 0.172 e. The lowest BCUT2D eigenvalue weighted by Gasteiger charge is -2.01. The normalized spacial score (nSPS) is 13.3. The number of rotatable bonds is 3. The molecule has 2 aromatic carbocycles. The van der Waals surface area contributed by atoms with Crippen LogP contribution in [-0.2, 0) is 11.0 Å². The van der Waals surface area contributed by atoms with Crippen LogP contribution in [0.3, 0.4) is 0 Å². The van der Waals surface area contributed by atoms with Gasteiger partial charge < -0.3 is 0 Å². The summed E-state index contributed by atoms with van der Waals surface area (Å²) in [4.78, 5) is 0.732. The number of hydrogen-bond donors (Lipinski definition) is 0. The number of nitrogens with zero attached hydrogens (tertiary/aromatic N) is 1.